The number of hydrogen-bond acceptors (Lipinski definition) is 1. The Labute approximate surface area is 109 Å². The summed E-state index contributed by atoms with van der Waals surface area (Å²) in [4.78, 5) is 15.4. The first-order valence-corrected chi connectivity index (χ1v) is 6.95. The molecule has 0 radical (unpaired) electrons. The fourth-order valence-corrected chi connectivity index (χ4v) is 2.51. The summed E-state index contributed by atoms with van der Waals surface area (Å²) in [6.45, 7) is 7.13. The maximum atomic E-state index is 11.8. The molecule has 0 aromatic heterocycles. The lowest BCUT2D eigenvalue weighted by molar-refractivity contribution is -0.917. The molecule has 1 saturated heterocycles. The van der Waals surface area contributed by atoms with Crippen molar-refractivity contribution in [1.29, 1.82) is 0 Å². The molecule has 3 heteroatoms. The molecule has 1 aromatic carbocycles. The van der Waals surface area contributed by atoms with Crippen LogP contribution in [-0.4, -0.2) is 37.0 Å². The molecule has 0 bridgehead atoms. The molecule has 1 aliphatic heterocycles. The van der Waals surface area contributed by atoms with Crippen molar-refractivity contribution in [3.05, 3.63) is 35.9 Å². The summed E-state index contributed by atoms with van der Waals surface area (Å²) in [5.74, 6) is 0.330. The van der Waals surface area contributed by atoms with Gasteiger partial charge < -0.3 is 9.80 Å². The highest BCUT2D eigenvalue weighted by Gasteiger charge is 2.22. The summed E-state index contributed by atoms with van der Waals surface area (Å²) in [5.41, 5.74) is 1.39. The van der Waals surface area contributed by atoms with Crippen molar-refractivity contribution in [2.24, 2.45) is 0 Å². The van der Waals surface area contributed by atoms with E-state index in [1.165, 1.54) is 5.56 Å². The summed E-state index contributed by atoms with van der Waals surface area (Å²) in [5, 5.41) is 0. The molecule has 2 rings (SSSR count). The monoisotopic (exact) mass is 247 g/mol. The predicted octanol–water partition coefficient (Wildman–Crippen LogP) is 0.714. The van der Waals surface area contributed by atoms with Crippen LogP contribution in [0, 0.1) is 0 Å². The highest BCUT2D eigenvalue weighted by atomic mass is 16.2. The molecule has 1 aromatic rings. The molecule has 0 aliphatic carbocycles. The Hall–Kier alpha value is -1.35. The van der Waals surface area contributed by atoms with E-state index in [0.717, 1.165) is 39.1 Å². The third-order valence-electron chi connectivity index (χ3n) is 3.58. The molecular weight excluding hydrogens is 224 g/mol. The lowest BCUT2D eigenvalue weighted by Gasteiger charge is -2.32. The minimum Gasteiger partial charge on any atom is -0.331 e. The number of carbonyl (C=O) groups is 1. The maximum absolute atomic E-state index is 11.8. The molecule has 1 aliphatic rings. The van der Waals surface area contributed by atoms with E-state index < -0.39 is 0 Å². The molecule has 98 valence electrons. The number of amides is 1. The standard InChI is InChI=1S/C15H22N2O/c1-2-6-15(18)17-11-9-16(10-12-17)13-14-7-4-3-5-8-14/h3-5,7-8H,2,6,9-13H2,1H3/p+1. The highest BCUT2D eigenvalue weighted by molar-refractivity contribution is 5.76. The molecular formula is C15H23N2O+. The Kier molecular flexibility index (Phi) is 4.76. The molecule has 3 nitrogen and oxygen atoms in total. The summed E-state index contributed by atoms with van der Waals surface area (Å²) in [6.07, 6.45) is 1.66. The van der Waals surface area contributed by atoms with Gasteiger partial charge in [0.2, 0.25) is 5.91 Å². The van der Waals surface area contributed by atoms with Crippen molar-refractivity contribution >= 4 is 5.91 Å². The normalized spacial score (nSPS) is 16.8. The largest absolute Gasteiger partial charge is 0.331 e. The van der Waals surface area contributed by atoms with Crippen LogP contribution in [0.15, 0.2) is 30.3 Å². The fraction of sp³-hybridized carbons (Fsp3) is 0.533. The van der Waals surface area contributed by atoms with E-state index in [4.69, 9.17) is 0 Å². The number of nitrogens with zero attached hydrogens (tertiary/aromatic N) is 1. The van der Waals surface area contributed by atoms with Crippen LogP contribution in [-0.2, 0) is 11.3 Å². The van der Waals surface area contributed by atoms with E-state index >= 15 is 0 Å². The first kappa shape index (κ1) is 13.1. The highest BCUT2D eigenvalue weighted by Crippen LogP contribution is 1.99. The fourth-order valence-electron chi connectivity index (χ4n) is 2.51. The van der Waals surface area contributed by atoms with Crippen molar-refractivity contribution in [3.63, 3.8) is 0 Å². The Balaban J connectivity index is 1.78. The lowest BCUT2D eigenvalue weighted by atomic mass is 10.2. The second-order valence-electron chi connectivity index (χ2n) is 5.04. The predicted molar refractivity (Wildman–Crippen MR) is 72.3 cm³/mol. The average molecular weight is 247 g/mol. The van der Waals surface area contributed by atoms with Crippen molar-refractivity contribution in [3.8, 4) is 0 Å². The van der Waals surface area contributed by atoms with E-state index in [-0.39, 0.29) is 0 Å². The molecule has 1 amide bonds. The molecule has 18 heavy (non-hydrogen) atoms. The van der Waals surface area contributed by atoms with E-state index in [0.29, 0.717) is 12.3 Å². The summed E-state index contributed by atoms with van der Waals surface area (Å²) < 4.78 is 0. The number of benzene rings is 1. The van der Waals surface area contributed by atoms with E-state index in [1.54, 1.807) is 4.90 Å². The van der Waals surface area contributed by atoms with Crippen molar-refractivity contribution in [1.82, 2.24) is 4.90 Å². The first-order chi connectivity index (χ1) is 8.79. The van der Waals surface area contributed by atoms with Crippen LogP contribution in [0.3, 0.4) is 0 Å². The van der Waals surface area contributed by atoms with Gasteiger partial charge in [0.05, 0.1) is 26.2 Å². The summed E-state index contributed by atoms with van der Waals surface area (Å²) >= 11 is 0. The van der Waals surface area contributed by atoms with Gasteiger partial charge in [-0.2, -0.15) is 0 Å². The van der Waals surface area contributed by atoms with Crippen LogP contribution in [0.2, 0.25) is 0 Å². The minimum atomic E-state index is 0.330. The first-order valence-electron chi connectivity index (χ1n) is 6.95. The van der Waals surface area contributed by atoms with Crippen molar-refractivity contribution in [2.45, 2.75) is 26.3 Å². The molecule has 0 saturated carbocycles. The average Bonchev–Trinajstić information content (AvgIpc) is 2.41. The third-order valence-corrected chi connectivity index (χ3v) is 3.58. The molecule has 0 atom stereocenters. The summed E-state index contributed by atoms with van der Waals surface area (Å²) in [7, 11) is 0. The second-order valence-corrected chi connectivity index (χ2v) is 5.04. The van der Waals surface area contributed by atoms with Crippen molar-refractivity contribution in [2.75, 3.05) is 26.2 Å². The quantitative estimate of drug-likeness (QED) is 0.833. The zero-order chi connectivity index (χ0) is 12.8. The number of nitrogens with one attached hydrogen (secondary N) is 1. The van der Waals surface area contributed by atoms with Gasteiger partial charge in [-0.15, -0.1) is 0 Å². The molecule has 0 unspecified atom stereocenters. The SMILES string of the molecule is CCCC(=O)N1CC[NH+](Cc2ccccc2)CC1. The Morgan fingerprint density at radius 1 is 1.22 bits per heavy atom. The van der Waals surface area contributed by atoms with Gasteiger partial charge in [-0.1, -0.05) is 37.3 Å². The van der Waals surface area contributed by atoms with Gasteiger partial charge in [0.15, 0.2) is 0 Å². The van der Waals surface area contributed by atoms with Gasteiger partial charge in [0, 0.05) is 12.0 Å². The number of rotatable bonds is 4. The van der Waals surface area contributed by atoms with E-state index in [9.17, 15) is 4.79 Å². The van der Waals surface area contributed by atoms with Gasteiger partial charge >= 0.3 is 0 Å². The van der Waals surface area contributed by atoms with Gasteiger partial charge in [-0.3, -0.25) is 4.79 Å². The number of piperazine rings is 1. The van der Waals surface area contributed by atoms with Crippen LogP contribution >= 0.6 is 0 Å². The van der Waals surface area contributed by atoms with Crippen LogP contribution in [0.1, 0.15) is 25.3 Å². The minimum absolute atomic E-state index is 0.330. The zero-order valence-corrected chi connectivity index (χ0v) is 11.2. The molecule has 0 spiro atoms. The van der Waals surface area contributed by atoms with Gasteiger partial charge in [0.25, 0.3) is 0 Å². The molecule has 1 fully saturated rings. The van der Waals surface area contributed by atoms with Gasteiger partial charge in [-0.05, 0) is 6.42 Å². The molecule has 1 heterocycles. The van der Waals surface area contributed by atoms with Crippen molar-refractivity contribution < 1.29 is 9.69 Å². The molecule has 1 N–H and O–H groups in total. The van der Waals surface area contributed by atoms with E-state index in [2.05, 4.69) is 37.3 Å². The van der Waals surface area contributed by atoms with Gasteiger partial charge in [-0.25, -0.2) is 0 Å². The Bertz CT molecular complexity index is 369. The van der Waals surface area contributed by atoms with E-state index in [1.807, 2.05) is 4.90 Å². The lowest BCUT2D eigenvalue weighted by Crippen LogP contribution is -3.13. The number of carbonyl (C=O) groups excluding carboxylic acids is 1. The number of hydrogen-bond donors (Lipinski definition) is 1. The zero-order valence-electron chi connectivity index (χ0n) is 11.2. The third kappa shape index (κ3) is 3.57. The van der Waals surface area contributed by atoms with Crippen LogP contribution < -0.4 is 4.90 Å². The second kappa shape index (κ2) is 6.55. The maximum Gasteiger partial charge on any atom is 0.222 e. The topological polar surface area (TPSA) is 24.8 Å². The van der Waals surface area contributed by atoms with Crippen LogP contribution in [0.25, 0.3) is 0 Å². The van der Waals surface area contributed by atoms with Gasteiger partial charge in [0.1, 0.15) is 6.54 Å². The number of quaternary nitrogens is 1. The van der Waals surface area contributed by atoms with Crippen LogP contribution in [0.4, 0.5) is 0 Å². The summed E-state index contributed by atoms with van der Waals surface area (Å²) in [6, 6.07) is 10.6. The smallest absolute Gasteiger partial charge is 0.222 e. The Morgan fingerprint density at radius 2 is 1.89 bits per heavy atom. The Morgan fingerprint density at radius 3 is 2.50 bits per heavy atom. The van der Waals surface area contributed by atoms with Crippen LogP contribution in [0.5, 0.6) is 0 Å².